The lowest BCUT2D eigenvalue weighted by Gasteiger charge is -2.23. The summed E-state index contributed by atoms with van der Waals surface area (Å²) in [5.41, 5.74) is 0.228. The van der Waals surface area contributed by atoms with Crippen molar-refractivity contribution >= 4 is 12.2 Å². The first kappa shape index (κ1) is 17.3. The number of rotatable bonds is 5. The Bertz CT molecular complexity index is 487. The number of carbonyl (C=O) groups is 1. The molecule has 0 heterocycles. The maximum Gasteiger partial charge on any atom is 0.331 e. The van der Waals surface area contributed by atoms with Gasteiger partial charge in [0.25, 0.3) is 0 Å². The molecule has 0 fully saturated rings. The molecule has 0 spiro atoms. The van der Waals surface area contributed by atoms with Crippen molar-refractivity contribution < 1.29 is 13.9 Å². The third kappa shape index (κ3) is 7.02. The molecule has 0 amide bonds. The summed E-state index contributed by atoms with van der Waals surface area (Å²) in [6.45, 7) is 9.57. The van der Waals surface area contributed by atoms with Gasteiger partial charge in [0.05, 0.1) is 0 Å². The third-order valence-corrected chi connectivity index (χ3v) is 2.65. The maximum atomic E-state index is 12.9. The van der Waals surface area contributed by atoms with Crippen molar-refractivity contribution in [2.75, 3.05) is 0 Å². The van der Waals surface area contributed by atoms with Crippen LogP contribution in [0.1, 0.15) is 46.6 Å². The van der Waals surface area contributed by atoms with Crippen LogP contribution in [-0.2, 0) is 9.53 Å². The SMILES string of the molecule is CC(C)CC(/N=C/c1ccc(F)cc1)C(=O)OC(C)(C)C. The van der Waals surface area contributed by atoms with Crippen molar-refractivity contribution in [3.05, 3.63) is 35.6 Å². The fraction of sp³-hybridized carbons (Fsp3) is 0.529. The predicted octanol–water partition coefficient (Wildman–Crippen LogP) is 4.00. The van der Waals surface area contributed by atoms with Gasteiger partial charge in [-0.05, 0) is 50.8 Å². The highest BCUT2D eigenvalue weighted by atomic mass is 19.1. The average molecular weight is 293 g/mol. The molecule has 1 atom stereocenters. The zero-order valence-corrected chi connectivity index (χ0v) is 13.4. The van der Waals surface area contributed by atoms with E-state index in [0.717, 1.165) is 5.56 Å². The van der Waals surface area contributed by atoms with Gasteiger partial charge in [0.2, 0.25) is 0 Å². The fourth-order valence-electron chi connectivity index (χ4n) is 1.76. The van der Waals surface area contributed by atoms with Crippen LogP contribution in [0.4, 0.5) is 4.39 Å². The van der Waals surface area contributed by atoms with E-state index in [9.17, 15) is 9.18 Å². The summed E-state index contributed by atoms with van der Waals surface area (Å²) in [7, 11) is 0. The Hall–Kier alpha value is -1.71. The standard InChI is InChI=1S/C17H24FNO2/c1-12(2)10-15(16(20)21-17(3,4)5)19-11-13-6-8-14(18)9-7-13/h6-9,11-12,15H,10H2,1-5H3/b19-11+. The lowest BCUT2D eigenvalue weighted by atomic mass is 10.0. The van der Waals surface area contributed by atoms with Crippen LogP contribution in [0.25, 0.3) is 0 Å². The second-order valence-electron chi connectivity index (χ2n) is 6.51. The van der Waals surface area contributed by atoms with Gasteiger partial charge < -0.3 is 4.74 Å². The number of nitrogens with zero attached hydrogens (tertiary/aromatic N) is 1. The first-order valence-electron chi connectivity index (χ1n) is 7.19. The molecule has 21 heavy (non-hydrogen) atoms. The number of carbonyl (C=O) groups excluding carboxylic acids is 1. The number of esters is 1. The Kier molecular flexibility index (Phi) is 6.06. The molecule has 1 unspecified atom stereocenters. The molecule has 0 radical (unpaired) electrons. The number of hydrogen-bond donors (Lipinski definition) is 0. The summed E-state index contributed by atoms with van der Waals surface area (Å²) in [5.74, 6) is -0.291. The Morgan fingerprint density at radius 1 is 1.29 bits per heavy atom. The number of aliphatic imine (C=N–C) groups is 1. The van der Waals surface area contributed by atoms with Gasteiger partial charge in [-0.2, -0.15) is 0 Å². The van der Waals surface area contributed by atoms with E-state index >= 15 is 0 Å². The molecule has 1 aromatic rings. The van der Waals surface area contributed by atoms with E-state index in [1.54, 1.807) is 18.3 Å². The van der Waals surface area contributed by atoms with Crippen LogP contribution in [-0.4, -0.2) is 23.8 Å². The first-order chi connectivity index (χ1) is 9.67. The normalized spacial score (nSPS) is 13.7. The van der Waals surface area contributed by atoms with E-state index in [2.05, 4.69) is 4.99 Å². The smallest absolute Gasteiger partial charge is 0.331 e. The molecular formula is C17H24FNO2. The molecule has 1 rings (SSSR count). The Balaban J connectivity index is 2.82. The van der Waals surface area contributed by atoms with E-state index in [1.807, 2.05) is 34.6 Å². The monoisotopic (exact) mass is 293 g/mol. The summed E-state index contributed by atoms with van der Waals surface area (Å²) in [4.78, 5) is 16.5. The highest BCUT2D eigenvalue weighted by Gasteiger charge is 2.24. The fourth-order valence-corrected chi connectivity index (χ4v) is 1.76. The first-order valence-corrected chi connectivity index (χ1v) is 7.19. The highest BCUT2D eigenvalue weighted by Crippen LogP contribution is 2.15. The Morgan fingerprint density at radius 2 is 1.86 bits per heavy atom. The van der Waals surface area contributed by atoms with Gasteiger partial charge in [-0.3, -0.25) is 4.99 Å². The van der Waals surface area contributed by atoms with Gasteiger partial charge in [0.1, 0.15) is 17.5 Å². The molecule has 0 aliphatic rings. The lowest BCUT2D eigenvalue weighted by molar-refractivity contribution is -0.156. The Labute approximate surface area is 126 Å². The summed E-state index contributed by atoms with van der Waals surface area (Å²) in [5, 5.41) is 0. The largest absolute Gasteiger partial charge is 0.458 e. The van der Waals surface area contributed by atoms with Crippen molar-refractivity contribution in [1.29, 1.82) is 0 Å². The van der Waals surface area contributed by atoms with E-state index in [4.69, 9.17) is 4.74 Å². The molecule has 0 bridgehead atoms. The minimum absolute atomic E-state index is 0.293. The molecule has 0 aromatic heterocycles. The number of ether oxygens (including phenoxy) is 1. The van der Waals surface area contributed by atoms with Gasteiger partial charge in [-0.1, -0.05) is 26.0 Å². The van der Waals surface area contributed by atoms with Gasteiger partial charge in [0, 0.05) is 6.21 Å². The van der Waals surface area contributed by atoms with Crippen molar-refractivity contribution in [3.63, 3.8) is 0 Å². The van der Waals surface area contributed by atoms with Gasteiger partial charge in [-0.15, -0.1) is 0 Å². The minimum atomic E-state index is -0.533. The van der Waals surface area contributed by atoms with Crippen LogP contribution in [0.5, 0.6) is 0 Å². The lowest BCUT2D eigenvalue weighted by Crippen LogP contribution is -2.31. The zero-order valence-electron chi connectivity index (χ0n) is 13.4. The summed E-state index contributed by atoms with van der Waals surface area (Å²) < 4.78 is 18.2. The van der Waals surface area contributed by atoms with Crippen LogP contribution in [0, 0.1) is 11.7 Å². The van der Waals surface area contributed by atoms with E-state index in [0.29, 0.717) is 12.3 Å². The molecule has 0 aliphatic heterocycles. The average Bonchev–Trinajstić information content (AvgIpc) is 2.33. The highest BCUT2D eigenvalue weighted by molar-refractivity contribution is 5.84. The summed E-state index contributed by atoms with van der Waals surface area (Å²) >= 11 is 0. The number of halogens is 1. The van der Waals surface area contributed by atoms with Crippen molar-refractivity contribution in [1.82, 2.24) is 0 Å². The second-order valence-corrected chi connectivity index (χ2v) is 6.51. The quantitative estimate of drug-likeness (QED) is 0.608. The molecule has 0 saturated carbocycles. The number of benzene rings is 1. The molecule has 1 aromatic carbocycles. The number of hydrogen-bond acceptors (Lipinski definition) is 3. The third-order valence-electron chi connectivity index (χ3n) is 2.65. The van der Waals surface area contributed by atoms with Crippen LogP contribution in [0.2, 0.25) is 0 Å². The summed E-state index contributed by atoms with van der Waals surface area (Å²) in [6, 6.07) is 5.45. The molecule has 0 N–H and O–H groups in total. The van der Waals surface area contributed by atoms with Gasteiger partial charge in [-0.25, -0.2) is 9.18 Å². The van der Waals surface area contributed by atoms with Crippen LogP contribution < -0.4 is 0 Å². The molecule has 4 heteroatoms. The molecular weight excluding hydrogens is 269 g/mol. The predicted molar refractivity (Wildman–Crippen MR) is 83.1 cm³/mol. The topological polar surface area (TPSA) is 38.7 Å². The van der Waals surface area contributed by atoms with Crippen molar-refractivity contribution in [2.24, 2.45) is 10.9 Å². The molecule has 3 nitrogen and oxygen atoms in total. The van der Waals surface area contributed by atoms with Crippen LogP contribution >= 0.6 is 0 Å². The van der Waals surface area contributed by atoms with E-state index in [-0.39, 0.29) is 11.8 Å². The van der Waals surface area contributed by atoms with E-state index in [1.165, 1.54) is 12.1 Å². The van der Waals surface area contributed by atoms with Gasteiger partial charge in [0.15, 0.2) is 0 Å². The molecule has 0 aliphatic carbocycles. The summed E-state index contributed by atoms with van der Waals surface area (Å²) in [6.07, 6.45) is 2.21. The minimum Gasteiger partial charge on any atom is -0.458 e. The second kappa shape index (κ2) is 7.34. The van der Waals surface area contributed by atoms with Crippen molar-refractivity contribution in [3.8, 4) is 0 Å². The van der Waals surface area contributed by atoms with Crippen molar-refractivity contribution in [2.45, 2.75) is 52.7 Å². The van der Waals surface area contributed by atoms with Crippen LogP contribution in [0.3, 0.4) is 0 Å². The zero-order chi connectivity index (χ0) is 16.0. The molecule has 0 saturated heterocycles. The Morgan fingerprint density at radius 3 is 2.33 bits per heavy atom. The van der Waals surface area contributed by atoms with E-state index < -0.39 is 11.6 Å². The van der Waals surface area contributed by atoms with Crippen LogP contribution in [0.15, 0.2) is 29.3 Å². The molecule has 116 valence electrons. The van der Waals surface area contributed by atoms with Gasteiger partial charge >= 0.3 is 5.97 Å². The maximum absolute atomic E-state index is 12.9.